The van der Waals surface area contributed by atoms with E-state index in [1.54, 1.807) is 7.11 Å². The van der Waals surface area contributed by atoms with E-state index in [0.717, 1.165) is 42.8 Å². The number of hydrogen-bond acceptors (Lipinski definition) is 2. The summed E-state index contributed by atoms with van der Waals surface area (Å²) >= 11 is 0. The van der Waals surface area contributed by atoms with Crippen molar-refractivity contribution in [3.05, 3.63) is 59.2 Å². The minimum Gasteiger partial charge on any atom is -0.497 e. The predicted octanol–water partition coefficient (Wildman–Crippen LogP) is 3.85. The van der Waals surface area contributed by atoms with Gasteiger partial charge in [-0.15, -0.1) is 0 Å². The molecule has 0 bridgehead atoms. The fraction of sp³-hybridized carbons (Fsp3) is 0.316. The molecule has 1 heterocycles. The Morgan fingerprint density at radius 3 is 2.64 bits per heavy atom. The number of benzene rings is 2. The Morgan fingerprint density at radius 2 is 1.95 bits per heavy atom. The Balaban J connectivity index is 1.90. The van der Waals surface area contributed by atoms with Crippen molar-refractivity contribution in [3.63, 3.8) is 0 Å². The molecule has 0 atom stereocenters. The molecule has 0 aromatic heterocycles. The maximum Gasteiger partial charge on any atom is 0.258 e. The van der Waals surface area contributed by atoms with E-state index in [9.17, 15) is 4.79 Å². The lowest BCUT2D eigenvalue weighted by Crippen LogP contribution is -2.35. The van der Waals surface area contributed by atoms with Gasteiger partial charge >= 0.3 is 0 Å². The van der Waals surface area contributed by atoms with Gasteiger partial charge in [0.2, 0.25) is 0 Å². The third-order valence-electron chi connectivity index (χ3n) is 4.26. The van der Waals surface area contributed by atoms with Gasteiger partial charge in [-0.1, -0.05) is 19.1 Å². The maximum absolute atomic E-state index is 12.8. The fourth-order valence-electron chi connectivity index (χ4n) is 2.95. The summed E-state index contributed by atoms with van der Waals surface area (Å²) in [5.41, 5.74) is 4.20. The molecule has 3 heteroatoms. The topological polar surface area (TPSA) is 29.5 Å². The van der Waals surface area contributed by atoms with Gasteiger partial charge in [0, 0.05) is 17.8 Å². The van der Waals surface area contributed by atoms with Crippen molar-refractivity contribution in [1.82, 2.24) is 0 Å². The smallest absolute Gasteiger partial charge is 0.258 e. The highest BCUT2D eigenvalue weighted by Crippen LogP contribution is 2.31. The largest absolute Gasteiger partial charge is 0.497 e. The number of methoxy groups -OCH3 is 1. The number of aryl methyl sites for hydroxylation is 2. The monoisotopic (exact) mass is 295 g/mol. The van der Waals surface area contributed by atoms with Crippen LogP contribution in [0.5, 0.6) is 5.75 Å². The van der Waals surface area contributed by atoms with Crippen LogP contribution in [0.15, 0.2) is 42.5 Å². The number of amides is 1. The highest BCUT2D eigenvalue weighted by Gasteiger charge is 2.23. The Labute approximate surface area is 131 Å². The molecule has 114 valence electrons. The first kappa shape index (κ1) is 14.6. The van der Waals surface area contributed by atoms with Crippen molar-refractivity contribution in [2.45, 2.75) is 26.2 Å². The zero-order valence-corrected chi connectivity index (χ0v) is 13.1. The molecule has 0 fully saturated rings. The van der Waals surface area contributed by atoms with Gasteiger partial charge in [0.15, 0.2) is 0 Å². The van der Waals surface area contributed by atoms with Crippen LogP contribution in [0, 0.1) is 0 Å². The number of carbonyl (C=O) groups is 1. The summed E-state index contributed by atoms with van der Waals surface area (Å²) in [6, 6.07) is 13.9. The van der Waals surface area contributed by atoms with Crippen LogP contribution in [0.2, 0.25) is 0 Å². The van der Waals surface area contributed by atoms with Crippen LogP contribution in [0.1, 0.15) is 34.8 Å². The lowest BCUT2D eigenvalue weighted by molar-refractivity contribution is 0.0985. The number of nitrogens with zero attached hydrogens (tertiary/aromatic N) is 1. The maximum atomic E-state index is 12.8. The molecule has 0 N–H and O–H groups in total. The van der Waals surface area contributed by atoms with E-state index in [1.807, 2.05) is 47.4 Å². The van der Waals surface area contributed by atoms with Crippen molar-refractivity contribution in [2.75, 3.05) is 18.6 Å². The third-order valence-corrected chi connectivity index (χ3v) is 4.26. The number of hydrogen-bond donors (Lipinski definition) is 0. The number of anilines is 1. The van der Waals surface area contributed by atoms with E-state index >= 15 is 0 Å². The Hall–Kier alpha value is -2.29. The Bertz CT molecular complexity index is 676. The molecule has 0 aliphatic carbocycles. The molecule has 0 saturated carbocycles. The van der Waals surface area contributed by atoms with Crippen LogP contribution in [0.3, 0.4) is 0 Å². The second-order valence-electron chi connectivity index (χ2n) is 5.61. The summed E-state index contributed by atoms with van der Waals surface area (Å²) in [5.74, 6) is 0.925. The summed E-state index contributed by atoms with van der Waals surface area (Å²) in [4.78, 5) is 14.7. The first-order chi connectivity index (χ1) is 10.7. The van der Waals surface area contributed by atoms with E-state index in [1.165, 1.54) is 11.1 Å². The molecule has 3 rings (SSSR count). The molecule has 0 saturated heterocycles. The van der Waals surface area contributed by atoms with Crippen LogP contribution in [-0.4, -0.2) is 19.6 Å². The van der Waals surface area contributed by atoms with Gasteiger partial charge in [0.25, 0.3) is 5.91 Å². The van der Waals surface area contributed by atoms with Crippen LogP contribution in [0.25, 0.3) is 0 Å². The van der Waals surface area contributed by atoms with Gasteiger partial charge in [0.05, 0.1) is 7.11 Å². The summed E-state index contributed by atoms with van der Waals surface area (Å²) in [6.45, 7) is 2.89. The van der Waals surface area contributed by atoms with E-state index in [4.69, 9.17) is 4.74 Å². The Morgan fingerprint density at radius 1 is 1.18 bits per heavy atom. The average molecular weight is 295 g/mol. The second kappa shape index (κ2) is 6.22. The number of ether oxygens (including phenoxy) is 1. The molecule has 2 aromatic rings. The zero-order chi connectivity index (χ0) is 15.5. The first-order valence-electron chi connectivity index (χ1n) is 7.80. The van der Waals surface area contributed by atoms with E-state index in [-0.39, 0.29) is 5.91 Å². The molecule has 0 spiro atoms. The fourth-order valence-corrected chi connectivity index (χ4v) is 2.95. The molecule has 0 radical (unpaired) electrons. The minimum absolute atomic E-state index is 0.0776. The van der Waals surface area contributed by atoms with E-state index < -0.39 is 0 Å². The van der Waals surface area contributed by atoms with Crippen molar-refractivity contribution < 1.29 is 9.53 Å². The first-order valence-corrected chi connectivity index (χ1v) is 7.80. The van der Waals surface area contributed by atoms with Crippen molar-refractivity contribution in [2.24, 2.45) is 0 Å². The van der Waals surface area contributed by atoms with Gasteiger partial charge < -0.3 is 9.64 Å². The molecule has 3 nitrogen and oxygen atoms in total. The van der Waals surface area contributed by atoms with Gasteiger partial charge in [-0.05, 0) is 60.7 Å². The van der Waals surface area contributed by atoms with Crippen LogP contribution >= 0.6 is 0 Å². The third kappa shape index (κ3) is 2.71. The highest BCUT2D eigenvalue weighted by molar-refractivity contribution is 6.06. The van der Waals surface area contributed by atoms with E-state index in [2.05, 4.69) is 6.92 Å². The SMILES string of the molecule is CCc1ccc(C(=O)N2CCCc3cc(OC)ccc32)cc1. The summed E-state index contributed by atoms with van der Waals surface area (Å²) in [6.07, 6.45) is 2.96. The molecule has 1 aliphatic heterocycles. The molecular weight excluding hydrogens is 274 g/mol. The summed E-state index contributed by atoms with van der Waals surface area (Å²) in [7, 11) is 1.67. The van der Waals surface area contributed by atoms with Gasteiger partial charge in [-0.25, -0.2) is 0 Å². The standard InChI is InChI=1S/C19H21NO2/c1-3-14-6-8-15(9-7-14)19(21)20-12-4-5-16-13-17(22-2)10-11-18(16)20/h6-11,13H,3-5,12H2,1-2H3. The molecule has 2 aromatic carbocycles. The molecule has 1 amide bonds. The zero-order valence-electron chi connectivity index (χ0n) is 13.1. The Kier molecular flexibility index (Phi) is 4.14. The molecule has 22 heavy (non-hydrogen) atoms. The molecule has 1 aliphatic rings. The van der Waals surface area contributed by atoms with Crippen LogP contribution in [0.4, 0.5) is 5.69 Å². The normalized spacial score (nSPS) is 13.6. The van der Waals surface area contributed by atoms with E-state index in [0.29, 0.717) is 0 Å². The number of carbonyl (C=O) groups excluding carboxylic acids is 1. The summed E-state index contributed by atoms with van der Waals surface area (Å²) < 4.78 is 5.28. The lowest BCUT2D eigenvalue weighted by atomic mass is 10.00. The molecular formula is C19H21NO2. The second-order valence-corrected chi connectivity index (χ2v) is 5.61. The quantitative estimate of drug-likeness (QED) is 0.860. The van der Waals surface area contributed by atoms with Gasteiger partial charge in [0.1, 0.15) is 5.75 Å². The lowest BCUT2D eigenvalue weighted by Gasteiger charge is -2.30. The highest BCUT2D eigenvalue weighted by atomic mass is 16.5. The molecule has 0 unspecified atom stereocenters. The minimum atomic E-state index is 0.0776. The summed E-state index contributed by atoms with van der Waals surface area (Å²) in [5, 5.41) is 0. The van der Waals surface area contributed by atoms with Gasteiger partial charge in [-0.3, -0.25) is 4.79 Å². The van der Waals surface area contributed by atoms with Crippen molar-refractivity contribution in [3.8, 4) is 5.75 Å². The van der Waals surface area contributed by atoms with Crippen molar-refractivity contribution in [1.29, 1.82) is 0 Å². The predicted molar refractivity (Wildman–Crippen MR) is 88.8 cm³/mol. The van der Waals surface area contributed by atoms with Crippen molar-refractivity contribution >= 4 is 11.6 Å². The number of fused-ring (bicyclic) bond motifs is 1. The van der Waals surface area contributed by atoms with Gasteiger partial charge in [-0.2, -0.15) is 0 Å². The van der Waals surface area contributed by atoms with Crippen LogP contribution < -0.4 is 9.64 Å². The number of rotatable bonds is 3. The average Bonchev–Trinajstić information content (AvgIpc) is 2.60. The van der Waals surface area contributed by atoms with Crippen LogP contribution in [-0.2, 0) is 12.8 Å².